The van der Waals surface area contributed by atoms with E-state index in [9.17, 15) is 9.18 Å². The molecule has 2 aromatic heterocycles. The Kier molecular flexibility index (Phi) is 3.69. The van der Waals surface area contributed by atoms with Crippen molar-refractivity contribution < 1.29 is 9.18 Å². The second-order valence-corrected chi connectivity index (χ2v) is 5.37. The highest BCUT2D eigenvalue weighted by Gasteiger charge is 2.15. The fourth-order valence-electron chi connectivity index (χ4n) is 2.69. The minimum Gasteiger partial charge on any atom is -0.383 e. The van der Waals surface area contributed by atoms with Crippen molar-refractivity contribution >= 4 is 22.5 Å². The fourth-order valence-corrected chi connectivity index (χ4v) is 2.69. The van der Waals surface area contributed by atoms with Gasteiger partial charge in [0, 0.05) is 18.1 Å². The number of fused-ring (bicyclic) bond motifs is 1. The van der Waals surface area contributed by atoms with Crippen LogP contribution in [0.3, 0.4) is 0 Å². The number of carbonyl (C=O) groups is 1. The number of nitrogens with one attached hydrogen (secondary N) is 2. The van der Waals surface area contributed by atoms with Gasteiger partial charge in [0.2, 0.25) is 5.95 Å². The third-order valence-electron chi connectivity index (χ3n) is 3.98. The number of aromatic amines is 1. The van der Waals surface area contributed by atoms with Gasteiger partial charge in [-0.3, -0.25) is 9.89 Å². The SMILES string of the molecule is Cc1cc2c(N)nccc2c(C)c1CNC(=O)c1cn[nH]c1F. The first-order valence-corrected chi connectivity index (χ1v) is 7.09. The number of hydrogen-bond donors (Lipinski definition) is 3. The van der Waals surface area contributed by atoms with Crippen LogP contribution in [0, 0.1) is 19.8 Å². The maximum absolute atomic E-state index is 13.3. The molecule has 0 spiro atoms. The predicted molar refractivity (Wildman–Crippen MR) is 85.3 cm³/mol. The lowest BCUT2D eigenvalue weighted by molar-refractivity contribution is 0.0947. The highest BCUT2D eigenvalue weighted by Crippen LogP contribution is 2.27. The Morgan fingerprint density at radius 2 is 2.17 bits per heavy atom. The first-order chi connectivity index (χ1) is 11.0. The van der Waals surface area contributed by atoms with Crippen molar-refractivity contribution in [1.29, 1.82) is 0 Å². The van der Waals surface area contributed by atoms with Crippen molar-refractivity contribution in [2.45, 2.75) is 20.4 Å². The smallest absolute Gasteiger partial charge is 0.257 e. The van der Waals surface area contributed by atoms with E-state index < -0.39 is 11.9 Å². The summed E-state index contributed by atoms with van der Waals surface area (Å²) in [4.78, 5) is 16.1. The molecule has 4 N–H and O–H groups in total. The maximum Gasteiger partial charge on any atom is 0.257 e. The molecule has 3 rings (SSSR count). The molecule has 0 atom stereocenters. The molecule has 0 aliphatic carbocycles. The molecule has 0 fully saturated rings. The van der Waals surface area contributed by atoms with Gasteiger partial charge in [0.1, 0.15) is 11.4 Å². The zero-order valence-corrected chi connectivity index (χ0v) is 12.8. The Morgan fingerprint density at radius 1 is 1.39 bits per heavy atom. The van der Waals surface area contributed by atoms with Crippen LogP contribution in [-0.2, 0) is 6.54 Å². The summed E-state index contributed by atoms with van der Waals surface area (Å²) in [6.07, 6.45) is 2.82. The number of rotatable bonds is 3. The minimum atomic E-state index is -0.742. The molecule has 0 aliphatic heterocycles. The Bertz CT molecular complexity index is 903. The Morgan fingerprint density at radius 3 is 2.87 bits per heavy atom. The second-order valence-electron chi connectivity index (χ2n) is 5.37. The van der Waals surface area contributed by atoms with Gasteiger partial charge in [-0.1, -0.05) is 0 Å². The van der Waals surface area contributed by atoms with Gasteiger partial charge in [-0.15, -0.1) is 0 Å². The van der Waals surface area contributed by atoms with Crippen molar-refractivity contribution in [3.63, 3.8) is 0 Å². The number of nitrogens with two attached hydrogens (primary N) is 1. The molecule has 118 valence electrons. The Labute approximate surface area is 131 Å². The number of nitrogen functional groups attached to an aromatic ring is 1. The van der Waals surface area contributed by atoms with Crippen LogP contribution in [0.2, 0.25) is 0 Å². The number of carbonyl (C=O) groups excluding carboxylic acids is 1. The number of hydrogen-bond acceptors (Lipinski definition) is 4. The Hall–Kier alpha value is -2.96. The van der Waals surface area contributed by atoms with Gasteiger partial charge < -0.3 is 11.1 Å². The average Bonchev–Trinajstić information content (AvgIpc) is 2.94. The number of amides is 1. The molecule has 0 aliphatic rings. The van der Waals surface area contributed by atoms with Crippen LogP contribution in [0.1, 0.15) is 27.0 Å². The van der Waals surface area contributed by atoms with Gasteiger partial charge in [0.15, 0.2) is 0 Å². The highest BCUT2D eigenvalue weighted by atomic mass is 19.1. The molecule has 0 saturated carbocycles. The number of H-pyrrole nitrogens is 1. The molecule has 1 amide bonds. The van der Waals surface area contributed by atoms with Gasteiger partial charge in [-0.25, -0.2) is 4.98 Å². The van der Waals surface area contributed by atoms with Crippen molar-refractivity contribution in [2.24, 2.45) is 0 Å². The zero-order chi connectivity index (χ0) is 16.6. The van der Waals surface area contributed by atoms with E-state index in [1.54, 1.807) is 6.20 Å². The zero-order valence-electron chi connectivity index (χ0n) is 12.8. The molecule has 23 heavy (non-hydrogen) atoms. The summed E-state index contributed by atoms with van der Waals surface area (Å²) in [7, 11) is 0. The summed E-state index contributed by atoms with van der Waals surface area (Å²) in [6, 6.07) is 3.84. The van der Waals surface area contributed by atoms with E-state index in [0.29, 0.717) is 12.4 Å². The third kappa shape index (κ3) is 2.61. The summed E-state index contributed by atoms with van der Waals surface area (Å²) in [5, 5.41) is 10.2. The van der Waals surface area contributed by atoms with E-state index in [1.807, 2.05) is 26.0 Å². The molecular formula is C16H16FN5O. The summed E-state index contributed by atoms with van der Waals surface area (Å²) in [5.41, 5.74) is 8.79. The lowest BCUT2D eigenvalue weighted by atomic mass is 9.96. The van der Waals surface area contributed by atoms with E-state index >= 15 is 0 Å². The summed E-state index contributed by atoms with van der Waals surface area (Å²) >= 11 is 0. The molecule has 7 heteroatoms. The molecule has 1 aromatic carbocycles. The van der Waals surface area contributed by atoms with Crippen molar-refractivity contribution in [2.75, 3.05) is 5.73 Å². The average molecular weight is 313 g/mol. The number of halogens is 1. The molecule has 6 nitrogen and oxygen atoms in total. The normalized spacial score (nSPS) is 10.9. The van der Waals surface area contributed by atoms with Crippen LogP contribution in [0.15, 0.2) is 24.5 Å². The number of aromatic nitrogens is 3. The van der Waals surface area contributed by atoms with E-state index in [0.717, 1.165) is 33.7 Å². The molecule has 0 bridgehead atoms. The quantitative estimate of drug-likeness (QED) is 0.690. The topological polar surface area (TPSA) is 96.7 Å². The summed E-state index contributed by atoms with van der Waals surface area (Å²) in [6.45, 7) is 4.20. The number of anilines is 1. The summed E-state index contributed by atoms with van der Waals surface area (Å²) < 4.78 is 13.3. The summed E-state index contributed by atoms with van der Waals surface area (Å²) in [5.74, 6) is -0.776. The second kappa shape index (κ2) is 5.68. The van der Waals surface area contributed by atoms with E-state index in [-0.39, 0.29) is 5.56 Å². The number of aryl methyl sites for hydroxylation is 2. The van der Waals surface area contributed by atoms with E-state index in [1.165, 1.54) is 0 Å². The minimum absolute atomic E-state index is 0.102. The first kappa shape index (κ1) is 15.0. The van der Waals surface area contributed by atoms with Gasteiger partial charge in [-0.2, -0.15) is 9.49 Å². The highest BCUT2D eigenvalue weighted by molar-refractivity contribution is 5.95. The van der Waals surface area contributed by atoms with Crippen molar-refractivity contribution in [3.8, 4) is 0 Å². The van der Waals surface area contributed by atoms with Crippen LogP contribution in [-0.4, -0.2) is 21.1 Å². The lowest BCUT2D eigenvalue weighted by Crippen LogP contribution is -2.24. The Balaban J connectivity index is 1.92. The lowest BCUT2D eigenvalue weighted by Gasteiger charge is -2.14. The molecule has 0 radical (unpaired) electrons. The largest absolute Gasteiger partial charge is 0.383 e. The molecule has 2 heterocycles. The van der Waals surface area contributed by atoms with Crippen LogP contribution in [0.25, 0.3) is 10.8 Å². The van der Waals surface area contributed by atoms with Crippen LogP contribution in [0.4, 0.5) is 10.2 Å². The van der Waals surface area contributed by atoms with E-state index in [2.05, 4.69) is 20.5 Å². The van der Waals surface area contributed by atoms with Crippen LogP contribution < -0.4 is 11.1 Å². The molecule has 0 unspecified atom stereocenters. The molecule has 3 aromatic rings. The van der Waals surface area contributed by atoms with Crippen LogP contribution in [0.5, 0.6) is 0 Å². The van der Waals surface area contributed by atoms with Crippen molar-refractivity contribution in [1.82, 2.24) is 20.5 Å². The van der Waals surface area contributed by atoms with Gasteiger partial charge >= 0.3 is 0 Å². The third-order valence-corrected chi connectivity index (χ3v) is 3.98. The van der Waals surface area contributed by atoms with E-state index in [4.69, 9.17) is 5.73 Å². The molecule has 0 saturated heterocycles. The van der Waals surface area contributed by atoms with Gasteiger partial charge in [-0.05, 0) is 48.1 Å². The predicted octanol–water partition coefficient (Wildman–Crippen LogP) is 2.23. The number of pyridine rings is 1. The van der Waals surface area contributed by atoms with Crippen molar-refractivity contribution in [3.05, 3.63) is 52.7 Å². The maximum atomic E-state index is 13.3. The first-order valence-electron chi connectivity index (χ1n) is 7.09. The van der Waals surface area contributed by atoms with Gasteiger partial charge in [0.05, 0.1) is 6.20 Å². The standard InChI is InChI=1S/C16H16FN5O/c1-8-5-11-10(3-4-19-15(11)18)9(2)12(8)6-20-16(23)13-7-21-22-14(13)17/h3-5,7H,6H2,1-2H3,(H2,18,19)(H,20,23)(H,21,22). The molecular weight excluding hydrogens is 297 g/mol. The van der Waals surface area contributed by atoms with Gasteiger partial charge in [0.25, 0.3) is 5.91 Å². The van der Waals surface area contributed by atoms with Crippen LogP contribution >= 0.6 is 0 Å². The monoisotopic (exact) mass is 313 g/mol. The number of benzene rings is 1. The number of nitrogens with zero attached hydrogens (tertiary/aromatic N) is 2. The fraction of sp³-hybridized carbons (Fsp3) is 0.188.